The van der Waals surface area contributed by atoms with Crippen LogP contribution < -0.4 is 43.4 Å². The molecule has 0 atom stereocenters. The molecule has 0 radical (unpaired) electrons. The molecule has 0 bridgehead atoms. The first-order chi connectivity index (χ1) is 18.0. The molecule has 15 heteroatoms. The van der Waals surface area contributed by atoms with Crippen LogP contribution in [-0.4, -0.2) is 47.8 Å². The Hall–Kier alpha value is -2.57. The van der Waals surface area contributed by atoms with Crippen molar-refractivity contribution in [3.63, 3.8) is 0 Å². The maximum absolute atomic E-state index is 11.2. The number of amides is 2. The number of hydrogen-bond acceptors (Lipinski definition) is 12. The van der Waals surface area contributed by atoms with Crippen molar-refractivity contribution in [2.24, 2.45) is 5.41 Å². The van der Waals surface area contributed by atoms with Gasteiger partial charge in [0.1, 0.15) is 0 Å². The first-order valence-corrected chi connectivity index (χ1v) is 13.4. The van der Waals surface area contributed by atoms with Crippen LogP contribution in [0.3, 0.4) is 0 Å². The Balaban J connectivity index is -0.000000517. The summed E-state index contributed by atoms with van der Waals surface area (Å²) in [5.41, 5.74) is -1.67. The third-order valence-electron chi connectivity index (χ3n) is 7.04. The molecule has 2 amide bonds. The topological polar surface area (TPSA) is 289 Å². The molecular formula is C26H44N4O10Pt. The average molecular weight is 768 g/mol. The molecule has 3 fully saturated rings. The van der Waals surface area contributed by atoms with Crippen molar-refractivity contribution in [1.29, 1.82) is 0 Å². The van der Waals surface area contributed by atoms with Crippen molar-refractivity contribution in [2.45, 2.75) is 121 Å². The average Bonchev–Trinajstić information content (AvgIpc) is 2.82. The summed E-state index contributed by atoms with van der Waals surface area (Å²) in [6.07, 6.45) is 11.9. The summed E-state index contributed by atoms with van der Waals surface area (Å²) >= 11 is 0. The van der Waals surface area contributed by atoms with E-state index in [9.17, 15) is 49.2 Å². The van der Waals surface area contributed by atoms with Crippen LogP contribution in [0.1, 0.15) is 109 Å². The fourth-order valence-corrected chi connectivity index (χ4v) is 4.55. The summed E-state index contributed by atoms with van der Waals surface area (Å²) in [6.45, 7) is 0. The Morgan fingerprint density at radius 3 is 1.05 bits per heavy atom. The van der Waals surface area contributed by atoms with E-state index in [1.807, 2.05) is 0 Å². The molecule has 0 unspecified atom stereocenters. The Kier molecular flexibility index (Phi) is 24.1. The second-order valence-electron chi connectivity index (χ2n) is 10.1. The molecule has 0 spiro atoms. The second-order valence-corrected chi connectivity index (χ2v) is 10.1. The maximum atomic E-state index is 11.2. The van der Waals surface area contributed by atoms with Crippen LogP contribution in [0.15, 0.2) is 0 Å². The first kappa shape index (κ1) is 42.9. The summed E-state index contributed by atoms with van der Waals surface area (Å²) in [5, 5.41) is 46.3. The molecule has 3 aliphatic rings. The van der Waals surface area contributed by atoms with Crippen LogP contribution in [-0.2, 0) is 49.8 Å². The molecule has 8 N–H and O–H groups in total. The normalized spacial score (nSPS) is 17.3. The predicted octanol–water partition coefficient (Wildman–Crippen LogP) is -2.09. The molecule has 0 aromatic rings. The Morgan fingerprint density at radius 1 is 0.537 bits per heavy atom. The van der Waals surface area contributed by atoms with Gasteiger partial charge >= 0.3 is 21.1 Å². The molecule has 0 aromatic heterocycles. The van der Waals surface area contributed by atoms with E-state index in [1.165, 1.54) is 12.8 Å². The van der Waals surface area contributed by atoms with E-state index >= 15 is 0 Å². The number of carbonyl (C=O) groups excluding carboxylic acids is 6. The standard InChI is InChI=1S/2C10H17NO3.C6H8O4.2H3N.Pt/c2*12-9(6-7-10(13)14)11-8-4-2-1-3-5-8;7-4(8)6(5(9)10)2-1-3-6;;;/h2*8H,1-7H2,(H,11,12)(H,13,14);1-3H2,(H,7,8)(H,9,10);2*1H3;/q;;;;;+4/p-4. The van der Waals surface area contributed by atoms with Crippen molar-refractivity contribution in [2.75, 3.05) is 0 Å². The predicted molar refractivity (Wildman–Crippen MR) is 135 cm³/mol. The van der Waals surface area contributed by atoms with Gasteiger partial charge in [-0.1, -0.05) is 44.9 Å². The van der Waals surface area contributed by atoms with Gasteiger partial charge in [0.15, 0.2) is 0 Å². The first-order valence-electron chi connectivity index (χ1n) is 13.4. The zero-order chi connectivity index (χ0) is 28.6. The quantitative estimate of drug-likeness (QED) is 0.174. The molecule has 0 aromatic carbocycles. The molecule has 0 saturated heterocycles. The van der Waals surface area contributed by atoms with Crippen LogP contribution in [0.25, 0.3) is 0 Å². The van der Waals surface area contributed by atoms with Crippen molar-refractivity contribution in [3.8, 4) is 0 Å². The third-order valence-corrected chi connectivity index (χ3v) is 7.04. The van der Waals surface area contributed by atoms with Gasteiger partial charge in [0, 0.05) is 42.3 Å². The minimum Gasteiger partial charge on any atom is -0.550 e. The van der Waals surface area contributed by atoms with E-state index < -0.39 is 29.3 Å². The Bertz CT molecular complexity index is 765. The number of rotatable bonds is 10. The molecule has 3 saturated carbocycles. The molecule has 14 nitrogen and oxygen atoms in total. The van der Waals surface area contributed by atoms with Gasteiger partial charge in [0.2, 0.25) is 11.8 Å². The monoisotopic (exact) mass is 767 g/mol. The zero-order valence-electron chi connectivity index (χ0n) is 23.5. The second kappa shape index (κ2) is 23.0. The number of hydrogen-bond donors (Lipinski definition) is 4. The van der Waals surface area contributed by atoms with Gasteiger partial charge in [-0.3, -0.25) is 9.59 Å². The van der Waals surface area contributed by atoms with Gasteiger partial charge in [-0.25, -0.2) is 0 Å². The van der Waals surface area contributed by atoms with Gasteiger partial charge in [-0.15, -0.1) is 0 Å². The van der Waals surface area contributed by atoms with Crippen LogP contribution in [0.5, 0.6) is 0 Å². The third kappa shape index (κ3) is 17.8. The van der Waals surface area contributed by atoms with E-state index in [0.29, 0.717) is 6.42 Å². The number of carboxylic acid groups (broad SMARTS) is 4. The molecule has 0 heterocycles. The summed E-state index contributed by atoms with van der Waals surface area (Å²) in [6, 6.07) is 0.524. The van der Waals surface area contributed by atoms with E-state index in [1.54, 1.807) is 0 Å². The van der Waals surface area contributed by atoms with Gasteiger partial charge in [-0.2, -0.15) is 0 Å². The smallest absolute Gasteiger partial charge is 0.550 e. The van der Waals surface area contributed by atoms with E-state index in [2.05, 4.69) is 10.6 Å². The fourth-order valence-electron chi connectivity index (χ4n) is 4.55. The van der Waals surface area contributed by atoms with Crippen molar-refractivity contribution in [3.05, 3.63) is 0 Å². The number of carbonyl (C=O) groups is 6. The van der Waals surface area contributed by atoms with E-state index in [4.69, 9.17) is 0 Å². The molecule has 0 aliphatic heterocycles. The largest absolute Gasteiger partial charge is 4.00 e. The summed E-state index contributed by atoms with van der Waals surface area (Å²) in [7, 11) is 0. The van der Waals surface area contributed by atoms with Crippen LogP contribution >= 0.6 is 0 Å². The Morgan fingerprint density at radius 2 is 0.854 bits per heavy atom. The minimum atomic E-state index is -1.67. The van der Waals surface area contributed by atoms with Gasteiger partial charge in [0.25, 0.3) is 0 Å². The zero-order valence-corrected chi connectivity index (χ0v) is 25.8. The van der Waals surface area contributed by atoms with Gasteiger partial charge < -0.3 is 62.5 Å². The number of carboxylic acids is 4. The summed E-state index contributed by atoms with van der Waals surface area (Å²) in [5.74, 6) is -5.69. The van der Waals surface area contributed by atoms with Crippen LogP contribution in [0, 0.1) is 5.41 Å². The van der Waals surface area contributed by atoms with Crippen molar-refractivity contribution in [1.82, 2.24) is 22.9 Å². The minimum absolute atomic E-state index is 0. The number of aliphatic carboxylic acids is 4. The number of nitrogens with one attached hydrogen (secondary N) is 2. The van der Waals surface area contributed by atoms with Crippen LogP contribution in [0.4, 0.5) is 0 Å². The van der Waals surface area contributed by atoms with E-state index in [-0.39, 0.29) is 95.8 Å². The molecule has 238 valence electrons. The molecular weight excluding hydrogens is 723 g/mol. The summed E-state index contributed by atoms with van der Waals surface area (Å²) < 4.78 is 0. The van der Waals surface area contributed by atoms with Crippen LogP contribution in [0.2, 0.25) is 0 Å². The van der Waals surface area contributed by atoms with Crippen molar-refractivity contribution >= 4 is 35.7 Å². The Labute approximate surface area is 255 Å². The SMILES string of the molecule is N.N.O=C([O-])C1(C(=O)[O-])CCC1.O=C([O-])CCC(=O)NC1CCCCC1.O=C([O-])CCC(=O)NC1CCCCC1.[Pt+4]. The fraction of sp³-hybridized carbons (Fsp3) is 0.769. The van der Waals surface area contributed by atoms with Crippen molar-refractivity contribution < 1.29 is 70.3 Å². The van der Waals surface area contributed by atoms with Gasteiger partial charge in [0.05, 0.1) is 11.9 Å². The summed E-state index contributed by atoms with van der Waals surface area (Å²) in [4.78, 5) is 63.1. The maximum Gasteiger partial charge on any atom is 4.00 e. The molecule has 41 heavy (non-hydrogen) atoms. The molecule has 3 aliphatic carbocycles. The molecule has 3 rings (SSSR count). The van der Waals surface area contributed by atoms with E-state index in [0.717, 1.165) is 51.4 Å². The van der Waals surface area contributed by atoms with Gasteiger partial charge in [-0.05, 0) is 51.4 Å².